The molecule has 1 fully saturated rings. The van der Waals surface area contributed by atoms with E-state index < -0.39 is 5.82 Å². The summed E-state index contributed by atoms with van der Waals surface area (Å²) >= 11 is 3.07. The molecule has 2 aromatic rings. The summed E-state index contributed by atoms with van der Waals surface area (Å²) in [5.74, 6) is -0.252. The van der Waals surface area contributed by atoms with E-state index in [1.165, 1.54) is 17.4 Å². The summed E-state index contributed by atoms with van der Waals surface area (Å²) in [6.45, 7) is 1.83. The number of pyridine rings is 1. The first-order valence-electron chi connectivity index (χ1n) is 6.50. The van der Waals surface area contributed by atoms with Gasteiger partial charge in [0.25, 0.3) is 0 Å². The van der Waals surface area contributed by atoms with Gasteiger partial charge in [0.05, 0.1) is 17.8 Å². The van der Waals surface area contributed by atoms with E-state index in [9.17, 15) is 9.18 Å². The third-order valence-electron chi connectivity index (χ3n) is 3.36. The minimum atomic E-state index is -0.397. The van der Waals surface area contributed by atoms with Crippen molar-refractivity contribution in [2.45, 2.75) is 18.6 Å². The first-order valence-corrected chi connectivity index (χ1v) is 8.61. The van der Waals surface area contributed by atoms with Crippen LogP contribution in [-0.2, 0) is 4.79 Å². The monoisotopic (exact) mass is 323 g/mol. The van der Waals surface area contributed by atoms with Crippen molar-refractivity contribution in [1.82, 2.24) is 9.97 Å². The lowest BCUT2D eigenvalue weighted by atomic mass is 10.3. The van der Waals surface area contributed by atoms with Gasteiger partial charge in [-0.15, -0.1) is 0 Å². The van der Waals surface area contributed by atoms with Crippen LogP contribution >= 0.6 is 23.1 Å². The highest BCUT2D eigenvalue weighted by Gasteiger charge is 2.42. The number of carbonyl (C=O) groups is 1. The minimum Gasteiger partial charge on any atom is -0.316 e. The topological polar surface area (TPSA) is 54.9 Å². The fourth-order valence-electron chi connectivity index (χ4n) is 2.08. The number of rotatable bonds is 4. The molecule has 110 valence electrons. The molecular weight excluding hydrogens is 309 g/mol. The predicted molar refractivity (Wildman–Crippen MR) is 84.1 cm³/mol. The number of hydrogen-bond donors (Lipinski definition) is 1. The quantitative estimate of drug-likeness (QED) is 0.937. The Morgan fingerprint density at radius 3 is 3.00 bits per heavy atom. The largest absolute Gasteiger partial charge is 0.316 e. The van der Waals surface area contributed by atoms with Gasteiger partial charge in [-0.25, -0.2) is 9.37 Å². The average molecular weight is 323 g/mol. The summed E-state index contributed by atoms with van der Waals surface area (Å²) in [7, 11) is 0. The lowest BCUT2D eigenvalue weighted by Gasteiger charge is -2.01. The molecule has 2 unspecified atom stereocenters. The number of thiazole rings is 1. The van der Waals surface area contributed by atoms with Crippen LogP contribution in [0.15, 0.2) is 18.5 Å². The van der Waals surface area contributed by atoms with Gasteiger partial charge in [-0.3, -0.25) is 9.78 Å². The van der Waals surface area contributed by atoms with Gasteiger partial charge in [-0.1, -0.05) is 11.3 Å². The minimum absolute atomic E-state index is 0.0463. The molecule has 7 heteroatoms. The molecule has 1 aliphatic rings. The standard InChI is InChI=1S/C14H14FN3OS2/c1-7-13(18-12(19)10-4-11(10)20-2)21-14(17-7)8-3-9(15)6-16-5-8/h3,5-6,10-11H,4H2,1-2H3,(H,18,19). The molecular formula is C14H14FN3OS2. The van der Waals surface area contributed by atoms with Crippen molar-refractivity contribution in [3.63, 3.8) is 0 Å². The molecule has 3 rings (SSSR count). The molecule has 2 aromatic heterocycles. The molecule has 1 aliphatic carbocycles. The van der Waals surface area contributed by atoms with E-state index in [1.807, 2.05) is 13.2 Å². The summed E-state index contributed by atoms with van der Waals surface area (Å²) in [4.78, 5) is 20.3. The van der Waals surface area contributed by atoms with Crippen molar-refractivity contribution in [2.75, 3.05) is 11.6 Å². The van der Waals surface area contributed by atoms with Crippen LogP contribution < -0.4 is 5.32 Å². The molecule has 0 aliphatic heterocycles. The van der Waals surface area contributed by atoms with Crippen LogP contribution in [0.1, 0.15) is 12.1 Å². The molecule has 21 heavy (non-hydrogen) atoms. The van der Waals surface area contributed by atoms with E-state index >= 15 is 0 Å². The van der Waals surface area contributed by atoms with Crippen LogP contribution in [0.25, 0.3) is 10.6 Å². The number of aryl methyl sites for hydroxylation is 1. The lowest BCUT2D eigenvalue weighted by Crippen LogP contribution is -2.14. The van der Waals surface area contributed by atoms with Gasteiger partial charge in [0.15, 0.2) is 0 Å². The molecule has 4 nitrogen and oxygen atoms in total. The zero-order valence-corrected chi connectivity index (χ0v) is 13.2. The molecule has 1 amide bonds. The number of amides is 1. The van der Waals surface area contributed by atoms with Gasteiger partial charge in [-0.2, -0.15) is 11.8 Å². The van der Waals surface area contributed by atoms with Crippen molar-refractivity contribution < 1.29 is 9.18 Å². The Bertz CT molecular complexity index is 689. The van der Waals surface area contributed by atoms with E-state index in [0.29, 0.717) is 15.8 Å². The van der Waals surface area contributed by atoms with Crippen molar-refractivity contribution in [2.24, 2.45) is 5.92 Å². The summed E-state index contributed by atoms with van der Waals surface area (Å²) in [6.07, 6.45) is 5.68. The Morgan fingerprint density at radius 1 is 1.52 bits per heavy atom. The highest BCUT2D eigenvalue weighted by Crippen LogP contribution is 2.41. The maximum Gasteiger partial charge on any atom is 0.229 e. The highest BCUT2D eigenvalue weighted by molar-refractivity contribution is 7.99. The lowest BCUT2D eigenvalue weighted by molar-refractivity contribution is -0.117. The van der Waals surface area contributed by atoms with E-state index in [0.717, 1.165) is 23.3 Å². The molecule has 1 saturated carbocycles. The first-order chi connectivity index (χ1) is 10.1. The molecule has 0 radical (unpaired) electrons. The van der Waals surface area contributed by atoms with Gasteiger partial charge in [-0.05, 0) is 25.7 Å². The number of aromatic nitrogens is 2. The van der Waals surface area contributed by atoms with Crippen LogP contribution in [0, 0.1) is 18.7 Å². The maximum atomic E-state index is 13.2. The van der Waals surface area contributed by atoms with Crippen molar-refractivity contribution in [3.8, 4) is 10.6 Å². The van der Waals surface area contributed by atoms with Gasteiger partial charge >= 0.3 is 0 Å². The third-order valence-corrected chi connectivity index (χ3v) is 5.60. The fourth-order valence-corrected chi connectivity index (χ4v) is 3.88. The Morgan fingerprint density at radius 2 is 2.33 bits per heavy atom. The summed E-state index contributed by atoms with van der Waals surface area (Å²) in [5, 5.41) is 4.75. The highest BCUT2D eigenvalue weighted by atomic mass is 32.2. The van der Waals surface area contributed by atoms with E-state index in [-0.39, 0.29) is 11.8 Å². The number of halogens is 1. The number of nitrogens with zero attached hydrogens (tertiary/aromatic N) is 2. The number of anilines is 1. The van der Waals surface area contributed by atoms with E-state index in [1.54, 1.807) is 18.0 Å². The Kier molecular flexibility index (Phi) is 3.95. The summed E-state index contributed by atoms with van der Waals surface area (Å²) < 4.78 is 13.2. The normalized spacial score (nSPS) is 20.3. The fraction of sp³-hybridized carbons (Fsp3) is 0.357. The Labute approximate surface area is 130 Å². The second-order valence-corrected chi connectivity index (χ2v) is 7.01. The predicted octanol–water partition coefficient (Wildman–Crippen LogP) is 3.34. The molecule has 0 aromatic carbocycles. The van der Waals surface area contributed by atoms with Gasteiger partial charge < -0.3 is 5.32 Å². The Balaban J connectivity index is 1.77. The number of thioether (sulfide) groups is 1. The smallest absolute Gasteiger partial charge is 0.229 e. The number of carbonyl (C=O) groups excluding carboxylic acids is 1. The van der Waals surface area contributed by atoms with Gasteiger partial charge in [0.1, 0.15) is 15.8 Å². The Hall–Kier alpha value is -1.47. The van der Waals surface area contributed by atoms with E-state index in [2.05, 4.69) is 15.3 Å². The third kappa shape index (κ3) is 3.08. The zero-order valence-electron chi connectivity index (χ0n) is 11.6. The van der Waals surface area contributed by atoms with Crippen LogP contribution in [0.3, 0.4) is 0 Å². The van der Waals surface area contributed by atoms with Crippen LogP contribution in [0.2, 0.25) is 0 Å². The van der Waals surface area contributed by atoms with Gasteiger partial charge in [0, 0.05) is 17.0 Å². The molecule has 1 N–H and O–H groups in total. The van der Waals surface area contributed by atoms with Crippen LogP contribution in [0.4, 0.5) is 9.39 Å². The van der Waals surface area contributed by atoms with Gasteiger partial charge in [0.2, 0.25) is 5.91 Å². The molecule has 2 heterocycles. The second kappa shape index (κ2) is 5.73. The average Bonchev–Trinajstić information content (AvgIpc) is 3.17. The van der Waals surface area contributed by atoms with Crippen LogP contribution in [-0.4, -0.2) is 27.4 Å². The number of nitrogens with one attached hydrogen (secondary N) is 1. The van der Waals surface area contributed by atoms with Crippen molar-refractivity contribution in [1.29, 1.82) is 0 Å². The first kappa shape index (κ1) is 14.5. The SMILES string of the molecule is CSC1CC1C(=O)Nc1sc(-c2cncc(F)c2)nc1C. The van der Waals surface area contributed by atoms with E-state index in [4.69, 9.17) is 0 Å². The summed E-state index contributed by atoms with van der Waals surface area (Å²) in [5.41, 5.74) is 1.37. The maximum absolute atomic E-state index is 13.2. The van der Waals surface area contributed by atoms with Crippen molar-refractivity contribution in [3.05, 3.63) is 30.0 Å². The molecule has 0 spiro atoms. The van der Waals surface area contributed by atoms with Crippen molar-refractivity contribution >= 4 is 34.0 Å². The van der Waals surface area contributed by atoms with Crippen LogP contribution in [0.5, 0.6) is 0 Å². The molecule has 0 saturated heterocycles. The molecule has 0 bridgehead atoms. The number of hydrogen-bond acceptors (Lipinski definition) is 5. The summed E-state index contributed by atoms with van der Waals surface area (Å²) in [6, 6.07) is 1.39. The second-order valence-electron chi connectivity index (χ2n) is 4.93. The zero-order chi connectivity index (χ0) is 15.0. The molecule has 2 atom stereocenters.